The number of ether oxygens (including phenoxy) is 3. The first-order valence-corrected chi connectivity index (χ1v) is 8.79. The fraction of sp³-hybridized carbons (Fsp3) is 0.526. The highest BCUT2D eigenvalue weighted by atomic mass is 16.7. The summed E-state index contributed by atoms with van der Waals surface area (Å²) in [5, 5.41) is 0.963. The van der Waals surface area contributed by atoms with Crippen molar-refractivity contribution in [3.63, 3.8) is 0 Å². The first-order valence-electron chi connectivity index (χ1n) is 8.79. The summed E-state index contributed by atoms with van der Waals surface area (Å²) in [6, 6.07) is 7.22. The van der Waals surface area contributed by atoms with E-state index in [2.05, 4.69) is 4.90 Å². The van der Waals surface area contributed by atoms with Crippen LogP contribution in [0, 0.1) is 5.92 Å². The highest BCUT2D eigenvalue weighted by molar-refractivity contribution is 5.81. The van der Waals surface area contributed by atoms with E-state index in [1.807, 2.05) is 12.1 Å². The SMILES string of the molecule is COc1ccc2c(CN3CCC(C4OCCO4)CC3)cc(=O)oc2c1. The number of nitrogens with zero attached hydrogens (tertiary/aromatic N) is 1. The molecular formula is C19H23NO5. The van der Waals surface area contributed by atoms with E-state index >= 15 is 0 Å². The molecule has 25 heavy (non-hydrogen) atoms. The van der Waals surface area contributed by atoms with Gasteiger partial charge in [0.25, 0.3) is 0 Å². The first kappa shape index (κ1) is 16.6. The maximum Gasteiger partial charge on any atom is 0.336 e. The third kappa shape index (κ3) is 3.56. The predicted molar refractivity (Wildman–Crippen MR) is 92.7 cm³/mol. The van der Waals surface area contributed by atoms with E-state index in [-0.39, 0.29) is 11.9 Å². The molecule has 3 heterocycles. The molecular weight excluding hydrogens is 322 g/mol. The highest BCUT2D eigenvalue weighted by Gasteiger charge is 2.30. The molecule has 0 unspecified atom stereocenters. The molecule has 0 N–H and O–H groups in total. The van der Waals surface area contributed by atoms with Gasteiger partial charge >= 0.3 is 5.63 Å². The van der Waals surface area contributed by atoms with Gasteiger partial charge in [-0.15, -0.1) is 0 Å². The lowest BCUT2D eigenvalue weighted by atomic mass is 9.95. The predicted octanol–water partition coefficient (Wildman–Crippen LogP) is 2.39. The zero-order valence-electron chi connectivity index (χ0n) is 14.4. The molecule has 2 aromatic rings. The molecule has 0 bridgehead atoms. The number of rotatable bonds is 4. The van der Waals surface area contributed by atoms with E-state index in [4.69, 9.17) is 18.6 Å². The molecule has 1 aromatic heterocycles. The van der Waals surface area contributed by atoms with E-state index in [0.29, 0.717) is 30.5 Å². The molecule has 2 fully saturated rings. The van der Waals surface area contributed by atoms with Gasteiger partial charge in [0.05, 0.1) is 20.3 Å². The van der Waals surface area contributed by atoms with Crippen molar-refractivity contribution in [2.75, 3.05) is 33.4 Å². The van der Waals surface area contributed by atoms with Crippen LogP contribution in [-0.2, 0) is 16.0 Å². The van der Waals surface area contributed by atoms with Crippen LogP contribution in [0.3, 0.4) is 0 Å². The number of fused-ring (bicyclic) bond motifs is 1. The van der Waals surface area contributed by atoms with Crippen molar-refractivity contribution in [3.05, 3.63) is 40.2 Å². The summed E-state index contributed by atoms with van der Waals surface area (Å²) in [5.41, 5.74) is 1.25. The summed E-state index contributed by atoms with van der Waals surface area (Å²) in [5.74, 6) is 1.16. The van der Waals surface area contributed by atoms with E-state index < -0.39 is 0 Å². The summed E-state index contributed by atoms with van der Waals surface area (Å²) in [4.78, 5) is 14.3. The molecule has 2 aliphatic rings. The fourth-order valence-electron chi connectivity index (χ4n) is 3.74. The van der Waals surface area contributed by atoms with Gasteiger partial charge in [0.2, 0.25) is 0 Å². The molecule has 0 amide bonds. The molecule has 0 spiro atoms. The van der Waals surface area contributed by atoms with Crippen LogP contribution in [0.25, 0.3) is 11.0 Å². The molecule has 2 aliphatic heterocycles. The molecule has 0 aliphatic carbocycles. The van der Waals surface area contributed by atoms with Crippen molar-refractivity contribution in [3.8, 4) is 5.75 Å². The van der Waals surface area contributed by atoms with Crippen molar-refractivity contribution in [2.45, 2.75) is 25.7 Å². The smallest absolute Gasteiger partial charge is 0.336 e. The minimum absolute atomic E-state index is 0.0285. The van der Waals surface area contributed by atoms with Gasteiger partial charge in [0.15, 0.2) is 6.29 Å². The second kappa shape index (κ2) is 7.15. The lowest BCUT2D eigenvalue weighted by molar-refractivity contribution is -0.0977. The van der Waals surface area contributed by atoms with Crippen LogP contribution in [0.15, 0.2) is 33.5 Å². The molecule has 0 atom stereocenters. The third-order valence-electron chi connectivity index (χ3n) is 5.10. The van der Waals surface area contributed by atoms with Crippen molar-refractivity contribution in [1.29, 1.82) is 0 Å². The maximum atomic E-state index is 11.9. The number of benzene rings is 1. The minimum atomic E-state index is -0.321. The van der Waals surface area contributed by atoms with Crippen molar-refractivity contribution < 1.29 is 18.6 Å². The Morgan fingerprint density at radius 1 is 1.16 bits per heavy atom. The second-order valence-corrected chi connectivity index (χ2v) is 6.68. The van der Waals surface area contributed by atoms with Crippen molar-refractivity contribution in [2.24, 2.45) is 5.92 Å². The second-order valence-electron chi connectivity index (χ2n) is 6.68. The molecule has 6 heteroatoms. The Labute approximate surface area is 146 Å². The Morgan fingerprint density at radius 2 is 1.92 bits per heavy atom. The lowest BCUT2D eigenvalue weighted by Crippen LogP contribution is -2.37. The van der Waals surface area contributed by atoms with Gasteiger partial charge in [-0.05, 0) is 43.6 Å². The molecule has 0 saturated carbocycles. The van der Waals surface area contributed by atoms with E-state index in [1.54, 1.807) is 19.2 Å². The number of likely N-dealkylation sites (tertiary alicyclic amines) is 1. The average molecular weight is 345 g/mol. The lowest BCUT2D eigenvalue weighted by Gasteiger charge is -2.33. The standard InChI is InChI=1S/C19H23NO5/c1-22-15-2-3-16-14(10-18(21)25-17(16)11-15)12-20-6-4-13(5-7-20)19-23-8-9-24-19/h2-3,10-11,13,19H,4-9,12H2,1H3. The van der Waals surface area contributed by atoms with Crippen molar-refractivity contribution in [1.82, 2.24) is 4.90 Å². The molecule has 6 nitrogen and oxygen atoms in total. The fourth-order valence-corrected chi connectivity index (χ4v) is 3.74. The third-order valence-corrected chi connectivity index (χ3v) is 5.10. The van der Waals surface area contributed by atoms with Gasteiger partial charge in [-0.2, -0.15) is 0 Å². The Hall–Kier alpha value is -1.89. The van der Waals surface area contributed by atoms with Crippen LogP contribution in [0.4, 0.5) is 0 Å². The average Bonchev–Trinajstić information content (AvgIpc) is 3.16. The van der Waals surface area contributed by atoms with Gasteiger partial charge in [-0.3, -0.25) is 4.90 Å². The highest BCUT2D eigenvalue weighted by Crippen LogP contribution is 2.28. The number of hydrogen-bond donors (Lipinski definition) is 0. The number of piperidine rings is 1. The maximum absolute atomic E-state index is 11.9. The summed E-state index contributed by atoms with van der Waals surface area (Å²) in [7, 11) is 1.60. The van der Waals surface area contributed by atoms with Gasteiger partial charge < -0.3 is 18.6 Å². The largest absolute Gasteiger partial charge is 0.497 e. The topological polar surface area (TPSA) is 61.1 Å². The van der Waals surface area contributed by atoms with Crippen molar-refractivity contribution >= 4 is 11.0 Å². The van der Waals surface area contributed by atoms with E-state index in [1.165, 1.54) is 0 Å². The first-order chi connectivity index (χ1) is 12.2. The zero-order valence-corrected chi connectivity index (χ0v) is 14.4. The Morgan fingerprint density at radius 3 is 2.64 bits per heavy atom. The van der Waals surface area contributed by atoms with Gasteiger partial charge in [-0.25, -0.2) is 4.79 Å². The minimum Gasteiger partial charge on any atom is -0.497 e. The summed E-state index contributed by atoms with van der Waals surface area (Å²) in [6.45, 7) is 4.12. The van der Waals surface area contributed by atoms with Crippen LogP contribution in [0.5, 0.6) is 5.75 Å². The van der Waals surface area contributed by atoms with Crippen LogP contribution in [-0.4, -0.2) is 44.6 Å². The summed E-state index contributed by atoms with van der Waals surface area (Å²) in [6.07, 6.45) is 2.08. The van der Waals surface area contributed by atoms with Gasteiger partial charge in [0.1, 0.15) is 11.3 Å². The van der Waals surface area contributed by atoms with Gasteiger partial charge in [0, 0.05) is 30.0 Å². The molecule has 4 rings (SSSR count). The van der Waals surface area contributed by atoms with E-state index in [9.17, 15) is 4.79 Å². The number of methoxy groups -OCH3 is 1. The molecule has 1 aromatic carbocycles. The van der Waals surface area contributed by atoms with Crippen LogP contribution in [0.2, 0.25) is 0 Å². The summed E-state index contributed by atoms with van der Waals surface area (Å²) >= 11 is 0. The van der Waals surface area contributed by atoms with Crippen LogP contribution in [0.1, 0.15) is 18.4 Å². The van der Waals surface area contributed by atoms with Crippen LogP contribution >= 0.6 is 0 Å². The normalized spacial score (nSPS) is 20.4. The Balaban J connectivity index is 1.48. The summed E-state index contributed by atoms with van der Waals surface area (Å²) < 4.78 is 21.8. The molecule has 2 saturated heterocycles. The zero-order chi connectivity index (χ0) is 17.2. The van der Waals surface area contributed by atoms with E-state index in [0.717, 1.165) is 43.4 Å². The molecule has 0 radical (unpaired) electrons. The van der Waals surface area contributed by atoms with Crippen LogP contribution < -0.4 is 10.4 Å². The Kier molecular flexibility index (Phi) is 4.74. The quantitative estimate of drug-likeness (QED) is 0.793. The molecule has 134 valence electrons. The Bertz CT molecular complexity index is 788. The monoisotopic (exact) mass is 345 g/mol. The van der Waals surface area contributed by atoms with Gasteiger partial charge in [-0.1, -0.05) is 0 Å². The number of hydrogen-bond acceptors (Lipinski definition) is 6.